The minimum absolute atomic E-state index is 0.00233. The van der Waals surface area contributed by atoms with Gasteiger partial charge in [-0.15, -0.1) is 0 Å². The first kappa shape index (κ1) is 27.2. The van der Waals surface area contributed by atoms with E-state index in [0.717, 1.165) is 5.57 Å². The van der Waals surface area contributed by atoms with Crippen LogP contribution in [0.25, 0.3) is 49.2 Å². The van der Waals surface area contributed by atoms with Crippen LogP contribution in [0.15, 0.2) is 27.3 Å². The molecular weight excluding hydrogens is 546 g/mol. The van der Waals surface area contributed by atoms with Crippen molar-refractivity contribution in [1.82, 2.24) is 0 Å². The number of carbonyl (C=O) groups excluding carboxylic acids is 1. The van der Waals surface area contributed by atoms with E-state index in [-0.39, 0.29) is 71.4 Å². The first-order valence-electron chi connectivity index (χ1n) is 13.1. The van der Waals surface area contributed by atoms with E-state index < -0.39 is 16.8 Å². The van der Waals surface area contributed by atoms with Crippen LogP contribution in [0.4, 0.5) is 5.69 Å². The van der Waals surface area contributed by atoms with Gasteiger partial charge in [0.15, 0.2) is 5.75 Å². The third kappa shape index (κ3) is 3.59. The molecule has 216 valence electrons. The number of anilines is 1. The zero-order valence-corrected chi connectivity index (χ0v) is 23.3. The Kier molecular flexibility index (Phi) is 6.34. The summed E-state index contributed by atoms with van der Waals surface area (Å²) in [5, 5.41) is 36.9. The molecule has 0 spiro atoms. The number of aliphatic hydroxyl groups is 1. The normalized spacial score (nSPS) is 12.7. The van der Waals surface area contributed by atoms with Crippen molar-refractivity contribution in [1.29, 1.82) is 0 Å². The fraction of sp³-hybridized carbons (Fsp3) is 0.258. The van der Waals surface area contributed by atoms with Crippen LogP contribution in [0.2, 0.25) is 0 Å². The first-order valence-corrected chi connectivity index (χ1v) is 13.1. The van der Waals surface area contributed by atoms with E-state index in [9.17, 15) is 24.6 Å². The predicted molar refractivity (Wildman–Crippen MR) is 158 cm³/mol. The maximum Gasteiger partial charge on any atom is 0.325 e. The second-order valence-electron chi connectivity index (χ2n) is 10.1. The highest BCUT2D eigenvalue weighted by Gasteiger charge is 2.32. The third-order valence-corrected chi connectivity index (χ3v) is 7.80. The van der Waals surface area contributed by atoms with E-state index >= 15 is 0 Å². The van der Waals surface area contributed by atoms with Crippen molar-refractivity contribution in [3.05, 3.63) is 49.3 Å². The number of carbonyl (C=O) groups is 1. The highest BCUT2D eigenvalue weighted by atomic mass is 16.5. The second kappa shape index (κ2) is 9.81. The summed E-state index contributed by atoms with van der Waals surface area (Å²) in [6.45, 7) is 0.915. The molecule has 0 aliphatic heterocycles. The summed E-state index contributed by atoms with van der Waals surface area (Å²) < 4.78 is 22.0. The van der Waals surface area contributed by atoms with Crippen molar-refractivity contribution in [3.63, 3.8) is 0 Å². The molecule has 0 atom stereocenters. The summed E-state index contributed by atoms with van der Waals surface area (Å²) in [6, 6.07) is 2.65. The summed E-state index contributed by atoms with van der Waals surface area (Å²) in [4.78, 5) is 40.3. The number of aromatic hydroxyl groups is 2. The van der Waals surface area contributed by atoms with Gasteiger partial charge in [0.05, 0.1) is 44.4 Å². The molecule has 5 aromatic rings. The molecule has 0 saturated carbocycles. The topological polar surface area (TPSA) is 161 Å². The van der Waals surface area contributed by atoms with Crippen molar-refractivity contribution in [2.24, 2.45) is 0 Å². The van der Waals surface area contributed by atoms with Gasteiger partial charge in [-0.3, -0.25) is 14.4 Å². The number of ether oxygens (including phenoxy) is 4. The summed E-state index contributed by atoms with van der Waals surface area (Å²) in [5.41, 5.74) is 0.727. The molecule has 11 nitrogen and oxygen atoms in total. The Labute approximate surface area is 237 Å². The number of benzene rings is 5. The molecule has 1 aliphatic carbocycles. The second-order valence-corrected chi connectivity index (χ2v) is 10.1. The van der Waals surface area contributed by atoms with Crippen LogP contribution in [0.1, 0.15) is 18.1 Å². The predicted octanol–water partition coefficient (Wildman–Crippen LogP) is 3.24. The average Bonchev–Trinajstić information content (AvgIpc) is 3.11. The maximum absolute atomic E-state index is 14.2. The van der Waals surface area contributed by atoms with Crippen molar-refractivity contribution in [3.8, 4) is 28.7 Å². The number of rotatable bonds is 8. The molecule has 0 bridgehead atoms. The number of esters is 1. The summed E-state index contributed by atoms with van der Waals surface area (Å²) >= 11 is 0. The molecule has 11 heteroatoms. The SMILES string of the molecule is COc1c2c3c4c(c(NCC(=O)OCCO)c(=O)c5c(O)cc(OC)c(c6c(OC)cc(O)c(c1=O)c63)c54)CC(C)=C2. The zero-order chi connectivity index (χ0) is 30.0. The van der Waals surface area contributed by atoms with Gasteiger partial charge < -0.3 is 39.6 Å². The number of methoxy groups -OCH3 is 3. The number of allylic oxidation sites excluding steroid dienone is 1. The Balaban J connectivity index is 1.94. The highest BCUT2D eigenvalue weighted by molar-refractivity contribution is 6.39. The molecule has 0 heterocycles. The van der Waals surface area contributed by atoms with Crippen molar-refractivity contribution in [2.45, 2.75) is 13.3 Å². The van der Waals surface area contributed by atoms with Crippen LogP contribution in [-0.2, 0) is 16.0 Å². The van der Waals surface area contributed by atoms with Gasteiger partial charge in [0.2, 0.25) is 10.9 Å². The maximum atomic E-state index is 14.2. The van der Waals surface area contributed by atoms with Crippen LogP contribution in [0.3, 0.4) is 0 Å². The van der Waals surface area contributed by atoms with Crippen molar-refractivity contribution < 1.29 is 39.1 Å². The molecule has 6 rings (SSSR count). The standard InChI is InChI=1S/C31H27NO10/c1-12-7-13-20-21-14(8-12)31(41-4)30(38)23-16(35)10-18(40-3)25(27(21)23)24-17(39-2)9-15(34)22(26(20)24)29(37)28(13)32-11-19(36)42-6-5-33/h8-10,32-35H,5-7,11H2,1-4H3. The van der Waals surface area contributed by atoms with Gasteiger partial charge in [-0.1, -0.05) is 11.6 Å². The van der Waals surface area contributed by atoms with Gasteiger partial charge in [0.25, 0.3) is 0 Å². The van der Waals surface area contributed by atoms with E-state index in [1.165, 1.54) is 33.5 Å². The Bertz CT molecular complexity index is 2100. The Morgan fingerprint density at radius 1 is 0.833 bits per heavy atom. The van der Waals surface area contributed by atoms with Gasteiger partial charge in [0, 0.05) is 44.6 Å². The fourth-order valence-corrected chi connectivity index (χ4v) is 6.28. The smallest absolute Gasteiger partial charge is 0.325 e. The molecule has 42 heavy (non-hydrogen) atoms. The van der Waals surface area contributed by atoms with Crippen molar-refractivity contribution in [2.75, 3.05) is 46.4 Å². The lowest BCUT2D eigenvalue weighted by Crippen LogP contribution is -2.23. The fourth-order valence-electron chi connectivity index (χ4n) is 6.28. The molecule has 5 aromatic carbocycles. The summed E-state index contributed by atoms with van der Waals surface area (Å²) in [6.07, 6.45) is 2.04. The lowest BCUT2D eigenvalue weighted by Gasteiger charge is -2.23. The van der Waals surface area contributed by atoms with Gasteiger partial charge in [0.1, 0.15) is 36.1 Å². The van der Waals surface area contributed by atoms with Crippen LogP contribution in [-0.4, -0.2) is 62.4 Å². The molecule has 1 aliphatic rings. The van der Waals surface area contributed by atoms with E-state index in [2.05, 4.69) is 5.32 Å². The molecule has 0 aromatic heterocycles. The molecule has 0 unspecified atom stereocenters. The lowest BCUT2D eigenvalue weighted by molar-refractivity contribution is -0.142. The van der Waals surface area contributed by atoms with Crippen LogP contribution in [0, 0.1) is 0 Å². The number of hydrogen-bond acceptors (Lipinski definition) is 11. The van der Waals surface area contributed by atoms with Gasteiger partial charge in [-0.2, -0.15) is 0 Å². The zero-order valence-electron chi connectivity index (χ0n) is 23.3. The Morgan fingerprint density at radius 3 is 2.00 bits per heavy atom. The first-order chi connectivity index (χ1) is 20.2. The van der Waals surface area contributed by atoms with E-state index in [0.29, 0.717) is 43.4 Å². The Hall–Kier alpha value is -5.03. The van der Waals surface area contributed by atoms with Crippen LogP contribution in [0.5, 0.6) is 28.7 Å². The number of phenols is 2. The summed E-state index contributed by atoms with van der Waals surface area (Å²) in [5.74, 6) is -0.880. The molecule has 0 amide bonds. The molecule has 4 N–H and O–H groups in total. The molecular formula is C31H27NO10. The van der Waals surface area contributed by atoms with E-state index in [4.69, 9.17) is 24.1 Å². The summed E-state index contributed by atoms with van der Waals surface area (Å²) in [7, 11) is 4.22. The minimum Gasteiger partial charge on any atom is -0.507 e. The van der Waals surface area contributed by atoms with Crippen molar-refractivity contribution >= 4 is 60.8 Å². The molecule has 0 saturated heterocycles. The average molecular weight is 574 g/mol. The largest absolute Gasteiger partial charge is 0.507 e. The highest BCUT2D eigenvalue weighted by Crippen LogP contribution is 2.54. The number of nitrogens with one attached hydrogen (secondary N) is 1. The molecule has 0 fully saturated rings. The Morgan fingerprint density at radius 2 is 1.43 bits per heavy atom. The van der Waals surface area contributed by atoms with Crippen LogP contribution < -0.4 is 30.4 Å². The quantitative estimate of drug-likeness (QED) is 0.123. The van der Waals surface area contributed by atoms with Crippen LogP contribution >= 0.6 is 0 Å². The lowest BCUT2D eigenvalue weighted by atomic mass is 9.83. The van der Waals surface area contributed by atoms with Gasteiger partial charge in [-0.05, 0) is 24.3 Å². The number of fused-ring (bicyclic) bond motifs is 1. The minimum atomic E-state index is -0.689. The monoisotopic (exact) mass is 573 g/mol. The van der Waals surface area contributed by atoms with Gasteiger partial charge in [-0.25, -0.2) is 0 Å². The van der Waals surface area contributed by atoms with E-state index in [1.807, 2.05) is 6.92 Å². The number of aliphatic hydroxyl groups excluding tert-OH is 1. The third-order valence-electron chi connectivity index (χ3n) is 7.80. The number of hydrogen-bond donors (Lipinski definition) is 4. The molecule has 0 radical (unpaired) electrons. The number of phenolic OH excluding ortho intramolecular Hbond substituents is 2. The van der Waals surface area contributed by atoms with E-state index in [1.54, 1.807) is 6.08 Å². The van der Waals surface area contributed by atoms with Gasteiger partial charge >= 0.3 is 5.97 Å².